The number of aliphatic hydroxyl groups is 1. The zero-order valence-corrected chi connectivity index (χ0v) is 43.4. The van der Waals surface area contributed by atoms with E-state index in [2.05, 4.69) is 36.7 Å². The van der Waals surface area contributed by atoms with Crippen molar-refractivity contribution in [2.24, 2.45) is 5.41 Å². The molecule has 1 saturated heterocycles. The van der Waals surface area contributed by atoms with Gasteiger partial charge < -0.3 is 51.1 Å². The van der Waals surface area contributed by atoms with Gasteiger partial charge in [-0.05, 0) is 91.0 Å². The van der Waals surface area contributed by atoms with Gasteiger partial charge in [-0.3, -0.25) is 33.6 Å². The molecule has 1 saturated carbocycles. The molecule has 8 rings (SSSR count). The highest BCUT2D eigenvalue weighted by Crippen LogP contribution is 2.41. The van der Waals surface area contributed by atoms with Gasteiger partial charge in [0.2, 0.25) is 17.7 Å². The average Bonchev–Trinajstić information content (AvgIpc) is 3.85. The van der Waals surface area contributed by atoms with Crippen LogP contribution in [-0.2, 0) is 25.6 Å². The number of nitrogens with zero attached hydrogens (tertiary/aromatic N) is 4. The van der Waals surface area contributed by atoms with Crippen molar-refractivity contribution < 1.29 is 52.7 Å². The molecule has 2 aliphatic carbocycles. The Morgan fingerprint density at radius 3 is 2.32 bits per heavy atom. The van der Waals surface area contributed by atoms with Gasteiger partial charge >= 0.3 is 0 Å². The summed E-state index contributed by atoms with van der Waals surface area (Å²) in [6.07, 6.45) is 0.422. The number of alkyl halides is 1. The van der Waals surface area contributed by atoms with Gasteiger partial charge in [0.15, 0.2) is 17.1 Å². The molecule has 5 aromatic rings. The van der Waals surface area contributed by atoms with Crippen molar-refractivity contribution in [3.8, 4) is 27.5 Å². The Hall–Kier alpha value is -7.52. The summed E-state index contributed by atoms with van der Waals surface area (Å²) in [5, 5.41) is 39.4. The maximum absolute atomic E-state index is 14.8. The number of phenolic OH excluding ortho intramolecular Hbond substituents is 1. The highest BCUT2D eigenvalue weighted by atomic mass is 32.1. The van der Waals surface area contributed by atoms with E-state index in [1.54, 1.807) is 70.7 Å². The van der Waals surface area contributed by atoms with Gasteiger partial charge in [-0.15, -0.1) is 11.3 Å². The molecular formula is C54H62FN9O10S. The molecule has 3 aliphatic rings. The monoisotopic (exact) mass is 1050 g/mol. The number of benzene rings is 3. The molecule has 2 fully saturated rings. The van der Waals surface area contributed by atoms with E-state index >= 15 is 0 Å². The number of hydrogen-bond acceptors (Lipinski definition) is 13. The number of aromatic hydroxyl groups is 1. The fourth-order valence-electron chi connectivity index (χ4n) is 9.31. The Balaban J connectivity index is 0.859. The van der Waals surface area contributed by atoms with Crippen LogP contribution in [0.25, 0.3) is 21.8 Å². The van der Waals surface area contributed by atoms with Crippen LogP contribution in [0.3, 0.4) is 0 Å². The fraction of sp³-hybridized carbons (Fsp3) is 0.426. The minimum Gasteiger partial charge on any atom is -0.507 e. The standard InChI is InChI=1S/C54H62FN9O10S/c1-29-45(75-28-58-29)32-11-9-31(10-12-32)39(60-49(70)41-24-35(65)27-64(41)51(72)46(53(2,3)4)61-52(73)54(55)18-19-54)26-44(67)56-20-7-21-57-47(68)34-13-8-30-15-17-38(37(30)22-34)59-48(69)40-25-43(74-62-40)33-14-16-36(42(66)23-33)50(71)63(5)6/h8-14,16,22-23,25,28,35,38-39,41,46,65-66H,7,15,17-21,24,26-27H2,1-6H3,(H,56,67)(H,57,68)(H,59,69)(H,60,70)(H,61,73)/t35-,38-,39?,41+,46?/m1/s1. The first-order chi connectivity index (χ1) is 35.6. The largest absolute Gasteiger partial charge is 0.507 e. The average molecular weight is 1050 g/mol. The van der Waals surface area contributed by atoms with Crippen molar-refractivity contribution in [3.63, 3.8) is 0 Å². The number of aromatic nitrogens is 2. The Bertz CT molecular complexity index is 3000. The fourth-order valence-corrected chi connectivity index (χ4v) is 10.1. The number of β-amino-alcohol motifs (C(OH)–C–C–N with tert-alkyl or cyclic N) is 1. The second kappa shape index (κ2) is 22.1. The quantitative estimate of drug-likeness (QED) is 0.0567. The second-order valence-corrected chi connectivity index (χ2v) is 21.6. The van der Waals surface area contributed by atoms with E-state index in [-0.39, 0.29) is 79.9 Å². The first-order valence-electron chi connectivity index (χ1n) is 24.9. The van der Waals surface area contributed by atoms with Crippen molar-refractivity contribution in [1.82, 2.24) is 46.5 Å². The smallest absolute Gasteiger partial charge is 0.273 e. The summed E-state index contributed by atoms with van der Waals surface area (Å²) >= 11 is 1.48. The molecule has 7 amide bonds. The molecule has 0 spiro atoms. The normalized spacial score (nSPS) is 18.3. The third kappa shape index (κ3) is 12.4. The summed E-state index contributed by atoms with van der Waals surface area (Å²) in [5.74, 6) is -3.77. The van der Waals surface area contributed by atoms with E-state index in [0.717, 1.165) is 27.3 Å². The number of thiazole rings is 1. The number of amides is 7. The molecule has 3 heterocycles. The lowest BCUT2D eigenvalue weighted by atomic mass is 9.85. The molecule has 7 N–H and O–H groups in total. The van der Waals surface area contributed by atoms with Crippen LogP contribution >= 0.6 is 11.3 Å². The number of aliphatic hydroxyl groups excluding tert-OH is 1. The summed E-state index contributed by atoms with van der Waals surface area (Å²) in [6, 6.07) is 14.9. The third-order valence-electron chi connectivity index (χ3n) is 13.8. The maximum Gasteiger partial charge on any atom is 0.273 e. The Kier molecular flexibility index (Phi) is 15.9. The number of likely N-dealkylation sites (tertiary alicyclic amines) is 1. The minimum absolute atomic E-state index is 0.00987. The molecule has 21 heteroatoms. The van der Waals surface area contributed by atoms with E-state index in [1.165, 1.54) is 39.3 Å². The molecule has 19 nitrogen and oxygen atoms in total. The van der Waals surface area contributed by atoms with Crippen LogP contribution in [0.15, 0.2) is 76.8 Å². The number of carbonyl (C=O) groups excluding carboxylic acids is 7. The number of hydrogen-bond donors (Lipinski definition) is 7. The van der Waals surface area contributed by atoms with E-state index in [1.807, 2.05) is 25.1 Å². The summed E-state index contributed by atoms with van der Waals surface area (Å²) < 4.78 is 20.2. The van der Waals surface area contributed by atoms with Crippen LogP contribution in [0, 0.1) is 12.3 Å². The number of carbonyl (C=O) groups is 7. The Morgan fingerprint density at radius 2 is 1.65 bits per heavy atom. The van der Waals surface area contributed by atoms with E-state index in [9.17, 15) is 48.2 Å². The predicted octanol–water partition coefficient (Wildman–Crippen LogP) is 5.08. The molecule has 2 aromatic heterocycles. The second-order valence-electron chi connectivity index (χ2n) is 20.7. The van der Waals surface area contributed by atoms with Crippen molar-refractivity contribution in [2.75, 3.05) is 33.7 Å². The Labute approximate surface area is 437 Å². The highest BCUT2D eigenvalue weighted by Gasteiger charge is 2.53. The molecule has 5 atom stereocenters. The van der Waals surface area contributed by atoms with Gasteiger partial charge in [0.05, 0.1) is 46.3 Å². The molecule has 0 radical (unpaired) electrons. The zero-order chi connectivity index (χ0) is 53.9. The molecule has 2 unspecified atom stereocenters. The summed E-state index contributed by atoms with van der Waals surface area (Å²) in [7, 11) is 3.15. The van der Waals surface area contributed by atoms with Gasteiger partial charge in [-0.1, -0.05) is 62.3 Å². The maximum atomic E-state index is 14.8. The van der Waals surface area contributed by atoms with Crippen LogP contribution in [0.4, 0.5) is 4.39 Å². The van der Waals surface area contributed by atoms with E-state index in [0.29, 0.717) is 36.0 Å². The summed E-state index contributed by atoms with van der Waals surface area (Å²) in [6.45, 7) is 7.28. The van der Waals surface area contributed by atoms with Crippen LogP contribution in [0.5, 0.6) is 5.75 Å². The van der Waals surface area contributed by atoms with Crippen molar-refractivity contribution in [3.05, 3.63) is 111 Å². The van der Waals surface area contributed by atoms with Gasteiger partial charge in [0.25, 0.3) is 23.6 Å². The lowest BCUT2D eigenvalue weighted by Gasteiger charge is -2.36. The number of nitrogens with one attached hydrogen (secondary N) is 5. The molecule has 75 heavy (non-hydrogen) atoms. The predicted molar refractivity (Wildman–Crippen MR) is 275 cm³/mol. The number of halogens is 1. The zero-order valence-electron chi connectivity index (χ0n) is 42.6. The molecule has 396 valence electrons. The van der Waals surface area contributed by atoms with Gasteiger partial charge in [-0.25, -0.2) is 9.37 Å². The lowest BCUT2D eigenvalue weighted by Crippen LogP contribution is -2.59. The number of rotatable bonds is 18. The highest BCUT2D eigenvalue weighted by molar-refractivity contribution is 7.13. The van der Waals surface area contributed by atoms with Crippen LogP contribution in [-0.4, -0.2) is 129 Å². The van der Waals surface area contributed by atoms with Gasteiger partial charge in [0.1, 0.15) is 17.8 Å². The minimum atomic E-state index is -2.03. The lowest BCUT2D eigenvalue weighted by molar-refractivity contribution is -0.145. The van der Waals surface area contributed by atoms with Crippen molar-refractivity contribution in [2.45, 2.75) is 109 Å². The topological polar surface area (TPSA) is 266 Å². The van der Waals surface area contributed by atoms with Gasteiger partial charge in [-0.2, -0.15) is 0 Å². The number of aryl methyl sites for hydroxylation is 2. The SMILES string of the molecule is Cc1ncsc1-c1ccc(C(CC(=O)NCCCNC(=O)c2ccc3c(c2)[C@H](NC(=O)c2cc(-c4ccc(C(=O)N(C)C)c(O)c4)on2)CC3)NC(=O)[C@@H]2C[C@@H](O)CN2C(=O)C(NC(=O)C2(F)CC2)C(C)(C)C)cc1. The van der Waals surface area contributed by atoms with Crippen molar-refractivity contribution >= 4 is 52.7 Å². The Morgan fingerprint density at radius 1 is 0.933 bits per heavy atom. The summed E-state index contributed by atoms with van der Waals surface area (Å²) in [4.78, 5) is 102. The first-order valence-corrected chi connectivity index (χ1v) is 25.8. The molecule has 3 aromatic carbocycles. The first kappa shape index (κ1) is 53.8. The molecule has 0 bridgehead atoms. The van der Waals surface area contributed by atoms with Crippen LogP contribution < -0.4 is 26.6 Å². The molecule has 1 aliphatic heterocycles. The third-order valence-corrected chi connectivity index (χ3v) is 14.8. The molecular weight excluding hydrogens is 986 g/mol. The van der Waals surface area contributed by atoms with E-state index in [4.69, 9.17) is 4.52 Å². The summed E-state index contributed by atoms with van der Waals surface area (Å²) in [5.41, 5.74) is 3.91. The number of phenols is 1. The van der Waals surface area contributed by atoms with Crippen molar-refractivity contribution in [1.29, 1.82) is 0 Å². The van der Waals surface area contributed by atoms with Gasteiger partial charge in [0, 0.05) is 57.3 Å². The van der Waals surface area contributed by atoms with Crippen LogP contribution in [0.1, 0.15) is 125 Å². The number of fused-ring (bicyclic) bond motifs is 1. The van der Waals surface area contributed by atoms with Crippen LogP contribution in [0.2, 0.25) is 0 Å². The van der Waals surface area contributed by atoms with E-state index < -0.39 is 70.9 Å².